The number of nitrogens with zero attached hydrogens (tertiary/aromatic N) is 1. The van der Waals surface area contributed by atoms with Crippen LogP contribution in [0.5, 0.6) is 5.75 Å². The molecule has 0 saturated heterocycles. The van der Waals surface area contributed by atoms with Crippen molar-refractivity contribution >= 4 is 5.91 Å². The predicted molar refractivity (Wildman–Crippen MR) is 94.6 cm³/mol. The van der Waals surface area contributed by atoms with Gasteiger partial charge in [-0.25, -0.2) is 0 Å². The quantitative estimate of drug-likeness (QED) is 0.840. The highest BCUT2D eigenvalue weighted by molar-refractivity contribution is 5.77. The highest BCUT2D eigenvalue weighted by Gasteiger charge is 2.08. The van der Waals surface area contributed by atoms with Gasteiger partial charge in [0.05, 0.1) is 11.6 Å². The zero-order valence-corrected chi connectivity index (χ0v) is 14.1. The lowest BCUT2D eigenvalue weighted by atomic mass is 10.0. The second-order valence-corrected chi connectivity index (χ2v) is 5.58. The van der Waals surface area contributed by atoms with Gasteiger partial charge in [0, 0.05) is 6.04 Å². The van der Waals surface area contributed by atoms with E-state index >= 15 is 0 Å². The Bertz CT molecular complexity index is 696. The van der Waals surface area contributed by atoms with E-state index in [2.05, 4.69) is 25.2 Å². The number of hydrogen-bond acceptors (Lipinski definition) is 3. The number of rotatable bonds is 7. The van der Waals surface area contributed by atoms with Gasteiger partial charge in [-0.3, -0.25) is 4.79 Å². The van der Waals surface area contributed by atoms with E-state index in [1.165, 1.54) is 0 Å². The molecule has 2 aromatic carbocycles. The number of carbonyl (C=O) groups excluding carboxylic acids is 1. The monoisotopic (exact) mass is 322 g/mol. The van der Waals surface area contributed by atoms with Gasteiger partial charge in [0.25, 0.3) is 5.91 Å². The first-order valence-electron chi connectivity index (χ1n) is 8.19. The third kappa shape index (κ3) is 4.85. The fourth-order valence-corrected chi connectivity index (χ4v) is 2.39. The van der Waals surface area contributed by atoms with E-state index in [1.54, 1.807) is 12.1 Å². The van der Waals surface area contributed by atoms with Crippen LogP contribution in [0.1, 0.15) is 32.3 Å². The van der Waals surface area contributed by atoms with Crippen molar-refractivity contribution in [1.29, 1.82) is 5.26 Å². The Labute approximate surface area is 143 Å². The molecule has 0 saturated carbocycles. The van der Waals surface area contributed by atoms with Crippen LogP contribution in [0.2, 0.25) is 0 Å². The number of benzene rings is 2. The van der Waals surface area contributed by atoms with E-state index < -0.39 is 0 Å². The van der Waals surface area contributed by atoms with Crippen LogP contribution >= 0.6 is 0 Å². The summed E-state index contributed by atoms with van der Waals surface area (Å²) in [6.07, 6.45) is 1.84. The molecule has 0 heterocycles. The molecule has 0 bridgehead atoms. The number of ether oxygens (including phenoxy) is 1. The molecule has 0 aromatic heterocycles. The van der Waals surface area contributed by atoms with Crippen molar-refractivity contribution < 1.29 is 9.53 Å². The van der Waals surface area contributed by atoms with Crippen LogP contribution in [0, 0.1) is 11.3 Å². The molecule has 2 rings (SSSR count). The Kier molecular flexibility index (Phi) is 6.39. The van der Waals surface area contributed by atoms with Crippen molar-refractivity contribution in [3.8, 4) is 22.9 Å². The fraction of sp³-hybridized carbons (Fsp3) is 0.300. The molecule has 4 nitrogen and oxygen atoms in total. The maximum Gasteiger partial charge on any atom is 0.258 e. The van der Waals surface area contributed by atoms with Crippen LogP contribution in [0.25, 0.3) is 11.1 Å². The van der Waals surface area contributed by atoms with Crippen LogP contribution in [-0.2, 0) is 4.79 Å². The third-order valence-corrected chi connectivity index (χ3v) is 3.92. The minimum Gasteiger partial charge on any atom is -0.484 e. The summed E-state index contributed by atoms with van der Waals surface area (Å²) in [6, 6.07) is 17.3. The first-order valence-corrected chi connectivity index (χ1v) is 8.19. The Morgan fingerprint density at radius 3 is 2.08 bits per heavy atom. The molecular weight excluding hydrogens is 300 g/mol. The molecule has 0 spiro atoms. The van der Waals surface area contributed by atoms with Gasteiger partial charge in [0.1, 0.15) is 5.75 Å². The van der Waals surface area contributed by atoms with Gasteiger partial charge < -0.3 is 10.1 Å². The van der Waals surface area contributed by atoms with Crippen LogP contribution in [0.3, 0.4) is 0 Å². The summed E-state index contributed by atoms with van der Waals surface area (Å²) >= 11 is 0. The molecular formula is C20H22N2O2. The minimum absolute atomic E-state index is 0.0205. The van der Waals surface area contributed by atoms with E-state index in [-0.39, 0.29) is 18.6 Å². The Hall–Kier alpha value is -2.80. The number of nitriles is 1. The van der Waals surface area contributed by atoms with E-state index in [9.17, 15) is 4.79 Å². The first kappa shape index (κ1) is 17.6. The highest BCUT2D eigenvalue weighted by atomic mass is 16.5. The molecule has 0 aliphatic heterocycles. The molecule has 124 valence electrons. The van der Waals surface area contributed by atoms with Crippen LogP contribution < -0.4 is 10.1 Å². The average Bonchev–Trinajstić information content (AvgIpc) is 2.65. The molecule has 0 aliphatic carbocycles. The SMILES string of the molecule is CCC(CC)NC(=O)COc1ccc(-c2ccc(C#N)cc2)cc1. The van der Waals surface area contributed by atoms with Crippen molar-refractivity contribution in [2.45, 2.75) is 32.7 Å². The molecule has 1 amide bonds. The molecule has 0 atom stereocenters. The van der Waals surface area contributed by atoms with Crippen molar-refractivity contribution in [3.63, 3.8) is 0 Å². The summed E-state index contributed by atoms with van der Waals surface area (Å²) < 4.78 is 5.53. The van der Waals surface area contributed by atoms with E-state index in [0.29, 0.717) is 11.3 Å². The van der Waals surface area contributed by atoms with E-state index in [0.717, 1.165) is 24.0 Å². The van der Waals surface area contributed by atoms with Gasteiger partial charge in [-0.05, 0) is 48.2 Å². The van der Waals surface area contributed by atoms with Crippen LogP contribution in [-0.4, -0.2) is 18.6 Å². The van der Waals surface area contributed by atoms with Crippen molar-refractivity contribution in [1.82, 2.24) is 5.32 Å². The summed E-state index contributed by atoms with van der Waals surface area (Å²) in [5.74, 6) is 0.562. The number of hydrogen-bond donors (Lipinski definition) is 1. The molecule has 0 aliphatic rings. The Morgan fingerprint density at radius 1 is 1.04 bits per heavy atom. The van der Waals surface area contributed by atoms with Gasteiger partial charge in [-0.1, -0.05) is 38.1 Å². The first-order chi connectivity index (χ1) is 11.7. The molecule has 2 aromatic rings. The van der Waals surface area contributed by atoms with Crippen LogP contribution in [0.15, 0.2) is 48.5 Å². The molecule has 4 heteroatoms. The van der Waals surface area contributed by atoms with Gasteiger partial charge in [0.2, 0.25) is 0 Å². The third-order valence-electron chi connectivity index (χ3n) is 3.92. The number of nitrogens with one attached hydrogen (secondary N) is 1. The summed E-state index contributed by atoms with van der Waals surface area (Å²) in [4.78, 5) is 11.8. The van der Waals surface area contributed by atoms with Gasteiger partial charge in [0.15, 0.2) is 6.61 Å². The molecule has 0 fully saturated rings. The molecule has 1 N–H and O–H groups in total. The molecule has 24 heavy (non-hydrogen) atoms. The smallest absolute Gasteiger partial charge is 0.258 e. The van der Waals surface area contributed by atoms with Crippen molar-refractivity contribution in [2.24, 2.45) is 0 Å². The lowest BCUT2D eigenvalue weighted by Gasteiger charge is -2.15. The Balaban J connectivity index is 1.92. The topological polar surface area (TPSA) is 62.1 Å². The normalized spacial score (nSPS) is 10.2. The van der Waals surface area contributed by atoms with Crippen molar-refractivity contribution in [2.75, 3.05) is 6.61 Å². The highest BCUT2D eigenvalue weighted by Crippen LogP contribution is 2.22. The summed E-state index contributed by atoms with van der Waals surface area (Å²) in [5, 5.41) is 11.8. The maximum atomic E-state index is 11.8. The maximum absolute atomic E-state index is 11.8. The van der Waals surface area contributed by atoms with Gasteiger partial charge in [-0.2, -0.15) is 5.26 Å². The molecule has 0 radical (unpaired) electrons. The minimum atomic E-state index is -0.0973. The Morgan fingerprint density at radius 2 is 1.58 bits per heavy atom. The van der Waals surface area contributed by atoms with Gasteiger partial charge in [-0.15, -0.1) is 0 Å². The second kappa shape index (κ2) is 8.73. The lowest BCUT2D eigenvalue weighted by Crippen LogP contribution is -2.37. The van der Waals surface area contributed by atoms with E-state index in [1.807, 2.05) is 36.4 Å². The predicted octanol–water partition coefficient (Wildman–Crippen LogP) is 3.91. The molecule has 0 unspecified atom stereocenters. The number of carbonyl (C=O) groups is 1. The van der Waals surface area contributed by atoms with Gasteiger partial charge >= 0.3 is 0 Å². The zero-order valence-electron chi connectivity index (χ0n) is 14.1. The summed E-state index contributed by atoms with van der Waals surface area (Å²) in [5.41, 5.74) is 2.71. The average molecular weight is 322 g/mol. The standard InChI is InChI=1S/C20H22N2O2/c1-3-18(4-2)22-20(23)14-24-19-11-9-17(10-12-19)16-7-5-15(13-21)6-8-16/h5-12,18H,3-4,14H2,1-2H3,(H,22,23). The summed E-state index contributed by atoms with van der Waals surface area (Å²) in [7, 11) is 0. The largest absolute Gasteiger partial charge is 0.484 e. The second-order valence-electron chi connectivity index (χ2n) is 5.58. The fourth-order valence-electron chi connectivity index (χ4n) is 2.39. The summed E-state index contributed by atoms with van der Waals surface area (Å²) in [6.45, 7) is 4.13. The van der Waals surface area contributed by atoms with Crippen molar-refractivity contribution in [3.05, 3.63) is 54.1 Å². The zero-order chi connectivity index (χ0) is 17.4. The lowest BCUT2D eigenvalue weighted by molar-refractivity contribution is -0.123. The number of amides is 1. The van der Waals surface area contributed by atoms with E-state index in [4.69, 9.17) is 10.00 Å². The van der Waals surface area contributed by atoms with Crippen LogP contribution in [0.4, 0.5) is 0 Å².